The Kier molecular flexibility index (Phi) is 4.34. The standard InChI is InChI=1S/C11H13NO3/c1-12(7-8-13)11(14)9-15-10-5-3-2-4-6-10/h2-6,8H,7,9H2,1H3. The van der Waals surface area contributed by atoms with Crippen molar-refractivity contribution in [1.82, 2.24) is 4.90 Å². The molecule has 0 saturated carbocycles. The third kappa shape index (κ3) is 3.81. The van der Waals surface area contributed by atoms with Crippen molar-refractivity contribution >= 4 is 12.2 Å². The minimum atomic E-state index is -0.217. The Morgan fingerprint density at radius 3 is 2.67 bits per heavy atom. The van der Waals surface area contributed by atoms with Gasteiger partial charge in [0.1, 0.15) is 12.0 Å². The zero-order chi connectivity index (χ0) is 11.1. The second kappa shape index (κ2) is 5.80. The molecule has 0 spiro atoms. The first kappa shape index (κ1) is 11.2. The number of nitrogens with zero attached hydrogens (tertiary/aromatic N) is 1. The molecule has 0 aromatic heterocycles. The van der Waals surface area contributed by atoms with Gasteiger partial charge in [0.05, 0.1) is 6.54 Å². The number of carbonyl (C=O) groups excluding carboxylic acids is 2. The van der Waals surface area contributed by atoms with E-state index in [1.54, 1.807) is 19.2 Å². The Balaban J connectivity index is 2.37. The van der Waals surface area contributed by atoms with Crippen LogP contribution in [0.4, 0.5) is 0 Å². The molecule has 0 fully saturated rings. The molecule has 0 bridgehead atoms. The van der Waals surface area contributed by atoms with Crippen molar-refractivity contribution < 1.29 is 14.3 Å². The predicted molar refractivity (Wildman–Crippen MR) is 55.6 cm³/mol. The third-order valence-corrected chi connectivity index (χ3v) is 1.88. The van der Waals surface area contributed by atoms with Crippen molar-refractivity contribution in [2.75, 3.05) is 20.2 Å². The van der Waals surface area contributed by atoms with Crippen LogP contribution in [0, 0.1) is 0 Å². The van der Waals surface area contributed by atoms with Gasteiger partial charge in [-0.3, -0.25) is 4.79 Å². The minimum Gasteiger partial charge on any atom is -0.484 e. The SMILES string of the molecule is CN(CC=O)C(=O)COc1ccccc1. The Labute approximate surface area is 88.5 Å². The monoisotopic (exact) mass is 207 g/mol. The highest BCUT2D eigenvalue weighted by atomic mass is 16.5. The first-order chi connectivity index (χ1) is 7.24. The lowest BCUT2D eigenvalue weighted by atomic mass is 10.3. The van der Waals surface area contributed by atoms with Crippen molar-refractivity contribution in [2.45, 2.75) is 0 Å². The zero-order valence-corrected chi connectivity index (χ0v) is 8.55. The largest absolute Gasteiger partial charge is 0.484 e. The van der Waals surface area contributed by atoms with Gasteiger partial charge in [-0.05, 0) is 12.1 Å². The van der Waals surface area contributed by atoms with Crippen LogP contribution in [0.25, 0.3) is 0 Å². The van der Waals surface area contributed by atoms with Crippen molar-refractivity contribution in [3.63, 3.8) is 0 Å². The fraction of sp³-hybridized carbons (Fsp3) is 0.273. The molecule has 0 unspecified atom stereocenters. The molecule has 80 valence electrons. The van der Waals surface area contributed by atoms with E-state index in [0.29, 0.717) is 12.0 Å². The number of carbonyl (C=O) groups is 2. The Morgan fingerprint density at radius 1 is 1.40 bits per heavy atom. The first-order valence-electron chi connectivity index (χ1n) is 4.59. The lowest BCUT2D eigenvalue weighted by Crippen LogP contribution is -2.32. The molecule has 4 heteroatoms. The van der Waals surface area contributed by atoms with Crippen LogP contribution < -0.4 is 4.74 Å². The van der Waals surface area contributed by atoms with Gasteiger partial charge in [-0.25, -0.2) is 0 Å². The average molecular weight is 207 g/mol. The van der Waals surface area contributed by atoms with Gasteiger partial charge in [0, 0.05) is 7.05 Å². The van der Waals surface area contributed by atoms with Crippen molar-refractivity contribution in [2.24, 2.45) is 0 Å². The number of aldehydes is 1. The highest BCUT2D eigenvalue weighted by molar-refractivity contribution is 5.79. The maximum Gasteiger partial charge on any atom is 0.260 e. The molecule has 0 aliphatic carbocycles. The van der Waals surface area contributed by atoms with Gasteiger partial charge in [-0.1, -0.05) is 18.2 Å². The van der Waals surface area contributed by atoms with E-state index in [4.69, 9.17) is 4.74 Å². The number of likely N-dealkylation sites (N-methyl/N-ethyl adjacent to an activating group) is 1. The van der Waals surface area contributed by atoms with Crippen LogP contribution in [0.15, 0.2) is 30.3 Å². The van der Waals surface area contributed by atoms with Gasteiger partial charge >= 0.3 is 0 Å². The molecule has 1 aromatic carbocycles. The van der Waals surface area contributed by atoms with Gasteiger partial charge in [0.2, 0.25) is 0 Å². The number of benzene rings is 1. The topological polar surface area (TPSA) is 46.6 Å². The molecular weight excluding hydrogens is 194 g/mol. The summed E-state index contributed by atoms with van der Waals surface area (Å²) in [5.74, 6) is 0.427. The van der Waals surface area contributed by atoms with E-state index < -0.39 is 0 Å². The molecule has 0 heterocycles. The number of ether oxygens (including phenoxy) is 1. The second-order valence-electron chi connectivity index (χ2n) is 3.04. The van der Waals surface area contributed by atoms with Crippen molar-refractivity contribution in [3.8, 4) is 5.75 Å². The first-order valence-corrected chi connectivity index (χ1v) is 4.59. The summed E-state index contributed by atoms with van der Waals surface area (Å²) >= 11 is 0. The van der Waals surface area contributed by atoms with Gasteiger partial charge in [0.25, 0.3) is 5.91 Å². The predicted octanol–water partition coefficient (Wildman–Crippen LogP) is 0.723. The van der Waals surface area contributed by atoms with Gasteiger partial charge in [-0.15, -0.1) is 0 Å². The van der Waals surface area contributed by atoms with Gasteiger partial charge in [0.15, 0.2) is 6.61 Å². The minimum absolute atomic E-state index is 0.0473. The van der Waals surface area contributed by atoms with Gasteiger partial charge < -0.3 is 14.4 Å². The van der Waals surface area contributed by atoms with Crippen LogP contribution in [0.2, 0.25) is 0 Å². The van der Waals surface area contributed by atoms with Crippen LogP contribution >= 0.6 is 0 Å². The Hall–Kier alpha value is -1.84. The highest BCUT2D eigenvalue weighted by Gasteiger charge is 2.08. The second-order valence-corrected chi connectivity index (χ2v) is 3.04. The fourth-order valence-electron chi connectivity index (χ4n) is 0.986. The summed E-state index contributed by atoms with van der Waals surface area (Å²) in [5, 5.41) is 0. The van der Waals surface area contributed by atoms with E-state index >= 15 is 0 Å². The zero-order valence-electron chi connectivity index (χ0n) is 8.55. The van der Waals surface area contributed by atoms with E-state index in [9.17, 15) is 9.59 Å². The van der Waals surface area contributed by atoms with Gasteiger partial charge in [-0.2, -0.15) is 0 Å². The smallest absolute Gasteiger partial charge is 0.260 e. The number of hydrogen-bond donors (Lipinski definition) is 0. The van der Waals surface area contributed by atoms with Crippen LogP contribution in [0.1, 0.15) is 0 Å². The maximum atomic E-state index is 11.3. The Bertz CT molecular complexity index is 324. The van der Waals surface area contributed by atoms with E-state index in [0.717, 1.165) is 0 Å². The summed E-state index contributed by atoms with van der Waals surface area (Å²) in [6.45, 7) is 0.0470. The normalized spacial score (nSPS) is 9.40. The van der Waals surface area contributed by atoms with Crippen LogP contribution in [0.5, 0.6) is 5.75 Å². The van der Waals surface area contributed by atoms with Crippen LogP contribution in [-0.4, -0.2) is 37.3 Å². The number of rotatable bonds is 5. The maximum absolute atomic E-state index is 11.3. The molecule has 0 radical (unpaired) electrons. The number of amides is 1. The quantitative estimate of drug-likeness (QED) is 0.668. The summed E-state index contributed by atoms with van der Waals surface area (Å²) in [4.78, 5) is 22.8. The number of hydrogen-bond acceptors (Lipinski definition) is 3. The summed E-state index contributed by atoms with van der Waals surface area (Å²) in [6.07, 6.45) is 0.681. The summed E-state index contributed by atoms with van der Waals surface area (Å²) in [5.41, 5.74) is 0. The summed E-state index contributed by atoms with van der Waals surface area (Å²) in [7, 11) is 1.56. The molecule has 1 aromatic rings. The van der Waals surface area contributed by atoms with Crippen molar-refractivity contribution in [1.29, 1.82) is 0 Å². The molecule has 0 aliphatic heterocycles. The van der Waals surface area contributed by atoms with E-state index in [-0.39, 0.29) is 19.1 Å². The molecule has 15 heavy (non-hydrogen) atoms. The third-order valence-electron chi connectivity index (χ3n) is 1.88. The molecular formula is C11H13NO3. The molecule has 0 N–H and O–H groups in total. The fourth-order valence-corrected chi connectivity index (χ4v) is 0.986. The van der Waals surface area contributed by atoms with Crippen molar-refractivity contribution in [3.05, 3.63) is 30.3 Å². The molecule has 0 atom stereocenters. The average Bonchev–Trinajstić information content (AvgIpc) is 2.27. The van der Waals surface area contributed by atoms with Crippen LogP contribution in [-0.2, 0) is 9.59 Å². The van der Waals surface area contributed by atoms with E-state index in [1.807, 2.05) is 18.2 Å². The lowest BCUT2D eigenvalue weighted by Gasteiger charge is -2.13. The van der Waals surface area contributed by atoms with E-state index in [1.165, 1.54) is 4.90 Å². The number of para-hydroxylation sites is 1. The Morgan fingerprint density at radius 2 is 2.07 bits per heavy atom. The summed E-state index contributed by atoms with van der Waals surface area (Å²) < 4.78 is 5.23. The van der Waals surface area contributed by atoms with E-state index in [2.05, 4.69) is 0 Å². The summed E-state index contributed by atoms with van der Waals surface area (Å²) in [6, 6.07) is 9.07. The molecule has 4 nitrogen and oxygen atoms in total. The lowest BCUT2D eigenvalue weighted by molar-refractivity contribution is -0.133. The van der Waals surface area contributed by atoms with Crippen LogP contribution in [0.3, 0.4) is 0 Å². The molecule has 0 aliphatic rings. The molecule has 1 rings (SSSR count). The highest BCUT2D eigenvalue weighted by Crippen LogP contribution is 2.07. The molecule has 1 amide bonds. The molecule has 0 saturated heterocycles.